The van der Waals surface area contributed by atoms with Crippen LogP contribution in [0, 0.1) is 6.92 Å². The molecule has 3 heteroatoms. The maximum Gasteiger partial charge on any atom is 0.220 e. The average molecular weight is 235 g/mol. The van der Waals surface area contributed by atoms with Gasteiger partial charge in [0.25, 0.3) is 0 Å². The Morgan fingerprint density at radius 2 is 1.72 bits per heavy atom. The number of nitrogen functional groups attached to an aromatic ring is 1. The maximum atomic E-state index is 5.65. The fourth-order valence-corrected chi connectivity index (χ4v) is 2.20. The van der Waals surface area contributed by atoms with E-state index in [0.717, 1.165) is 11.3 Å². The minimum absolute atomic E-state index is 0.303. The van der Waals surface area contributed by atoms with E-state index < -0.39 is 0 Å². The minimum atomic E-state index is 0.303. The highest BCUT2D eigenvalue weighted by atomic mass is 15.0. The van der Waals surface area contributed by atoms with Crippen molar-refractivity contribution in [1.29, 1.82) is 0 Å². The summed E-state index contributed by atoms with van der Waals surface area (Å²) in [5, 5.41) is 2.43. The van der Waals surface area contributed by atoms with Gasteiger partial charge in [0.05, 0.1) is 5.69 Å². The van der Waals surface area contributed by atoms with Crippen molar-refractivity contribution in [3.63, 3.8) is 0 Å². The van der Waals surface area contributed by atoms with Crippen LogP contribution in [0.2, 0.25) is 0 Å². The van der Waals surface area contributed by atoms with Crippen molar-refractivity contribution in [1.82, 2.24) is 9.97 Å². The van der Waals surface area contributed by atoms with Crippen molar-refractivity contribution in [2.75, 3.05) is 5.73 Å². The van der Waals surface area contributed by atoms with Gasteiger partial charge in [0.15, 0.2) is 0 Å². The highest BCUT2D eigenvalue weighted by Gasteiger charge is 2.06. The molecule has 0 atom stereocenters. The molecule has 1 heterocycles. The van der Waals surface area contributed by atoms with Crippen LogP contribution in [0.5, 0.6) is 0 Å². The quantitative estimate of drug-likeness (QED) is 0.704. The molecule has 0 bridgehead atoms. The first-order valence-electron chi connectivity index (χ1n) is 5.83. The molecule has 3 nitrogen and oxygen atoms in total. The standard InChI is InChI=1S/C15H13N3/c1-10-6-7-13(12-5-3-2-4-11(10)12)14-8-9-17-15(16)18-14/h2-9H,1H3,(H2,16,17,18). The minimum Gasteiger partial charge on any atom is -0.368 e. The molecule has 2 N–H and O–H groups in total. The first-order chi connectivity index (χ1) is 8.75. The summed E-state index contributed by atoms with van der Waals surface area (Å²) in [6.07, 6.45) is 1.69. The zero-order valence-electron chi connectivity index (χ0n) is 10.1. The van der Waals surface area contributed by atoms with Gasteiger partial charge in [0, 0.05) is 11.8 Å². The van der Waals surface area contributed by atoms with E-state index in [1.54, 1.807) is 6.20 Å². The summed E-state index contributed by atoms with van der Waals surface area (Å²) in [6.45, 7) is 2.11. The highest BCUT2D eigenvalue weighted by molar-refractivity contribution is 5.97. The third-order valence-corrected chi connectivity index (χ3v) is 3.09. The van der Waals surface area contributed by atoms with E-state index in [1.807, 2.05) is 18.2 Å². The first kappa shape index (κ1) is 10.7. The van der Waals surface area contributed by atoms with Crippen LogP contribution in [0.4, 0.5) is 5.95 Å². The van der Waals surface area contributed by atoms with Crippen LogP contribution in [0.1, 0.15) is 5.56 Å². The molecule has 0 unspecified atom stereocenters. The second-order valence-electron chi connectivity index (χ2n) is 4.28. The molecule has 1 aromatic heterocycles. The third-order valence-electron chi connectivity index (χ3n) is 3.09. The molecule has 3 rings (SSSR count). The number of fused-ring (bicyclic) bond motifs is 1. The molecule has 0 aliphatic heterocycles. The van der Waals surface area contributed by atoms with E-state index in [9.17, 15) is 0 Å². The second kappa shape index (κ2) is 4.11. The summed E-state index contributed by atoms with van der Waals surface area (Å²) in [6, 6.07) is 14.4. The number of rotatable bonds is 1. The molecule has 0 aliphatic carbocycles. The third kappa shape index (κ3) is 1.70. The van der Waals surface area contributed by atoms with Crippen LogP contribution in [0.25, 0.3) is 22.0 Å². The van der Waals surface area contributed by atoms with Gasteiger partial charge < -0.3 is 5.73 Å². The molecule has 18 heavy (non-hydrogen) atoms. The van der Waals surface area contributed by atoms with Crippen LogP contribution < -0.4 is 5.73 Å². The lowest BCUT2D eigenvalue weighted by Crippen LogP contribution is -1.95. The number of aryl methyl sites for hydroxylation is 1. The Labute approximate surface area is 105 Å². The molecule has 0 amide bonds. The van der Waals surface area contributed by atoms with E-state index in [2.05, 4.69) is 41.2 Å². The normalized spacial score (nSPS) is 10.7. The van der Waals surface area contributed by atoms with Gasteiger partial charge in [0.2, 0.25) is 5.95 Å². The molecular formula is C15H13N3. The molecule has 0 spiro atoms. The van der Waals surface area contributed by atoms with Crippen molar-refractivity contribution in [3.8, 4) is 11.3 Å². The first-order valence-corrected chi connectivity index (χ1v) is 5.83. The van der Waals surface area contributed by atoms with Crippen LogP contribution in [-0.4, -0.2) is 9.97 Å². The van der Waals surface area contributed by atoms with Gasteiger partial charge in [-0.25, -0.2) is 9.97 Å². The largest absolute Gasteiger partial charge is 0.368 e. The Hall–Kier alpha value is -2.42. The number of anilines is 1. The van der Waals surface area contributed by atoms with E-state index in [0.29, 0.717) is 5.95 Å². The van der Waals surface area contributed by atoms with Crippen molar-refractivity contribution in [2.24, 2.45) is 0 Å². The average Bonchev–Trinajstić information content (AvgIpc) is 2.39. The SMILES string of the molecule is Cc1ccc(-c2ccnc(N)n2)c2ccccc12. The van der Waals surface area contributed by atoms with Gasteiger partial charge in [-0.2, -0.15) is 0 Å². The molecule has 3 aromatic rings. The fraction of sp³-hybridized carbons (Fsp3) is 0.0667. The lowest BCUT2D eigenvalue weighted by Gasteiger charge is -2.08. The summed E-state index contributed by atoms with van der Waals surface area (Å²) in [5.74, 6) is 0.303. The van der Waals surface area contributed by atoms with Crippen LogP contribution in [0.15, 0.2) is 48.7 Å². The summed E-state index contributed by atoms with van der Waals surface area (Å²) >= 11 is 0. The molecule has 2 aromatic carbocycles. The molecule has 0 saturated carbocycles. The van der Waals surface area contributed by atoms with E-state index in [-0.39, 0.29) is 0 Å². The van der Waals surface area contributed by atoms with Crippen molar-refractivity contribution in [2.45, 2.75) is 6.92 Å². The molecule has 88 valence electrons. The van der Waals surface area contributed by atoms with E-state index in [1.165, 1.54) is 16.3 Å². The van der Waals surface area contributed by atoms with Crippen molar-refractivity contribution < 1.29 is 0 Å². The summed E-state index contributed by atoms with van der Waals surface area (Å²) < 4.78 is 0. The van der Waals surface area contributed by atoms with Gasteiger partial charge in [-0.15, -0.1) is 0 Å². The molecule has 0 radical (unpaired) electrons. The van der Waals surface area contributed by atoms with Gasteiger partial charge in [0.1, 0.15) is 0 Å². The Kier molecular flexibility index (Phi) is 2.45. The van der Waals surface area contributed by atoms with Gasteiger partial charge in [-0.1, -0.05) is 36.4 Å². The fourth-order valence-electron chi connectivity index (χ4n) is 2.20. The zero-order valence-corrected chi connectivity index (χ0v) is 10.1. The summed E-state index contributed by atoms with van der Waals surface area (Å²) in [7, 11) is 0. The van der Waals surface area contributed by atoms with Crippen molar-refractivity contribution in [3.05, 3.63) is 54.2 Å². The number of hydrogen-bond donors (Lipinski definition) is 1. The summed E-state index contributed by atoms with van der Waals surface area (Å²) in [4.78, 5) is 8.22. The predicted molar refractivity (Wildman–Crippen MR) is 74.1 cm³/mol. The Bertz CT molecular complexity index is 720. The topological polar surface area (TPSA) is 51.8 Å². The second-order valence-corrected chi connectivity index (χ2v) is 4.28. The van der Waals surface area contributed by atoms with Crippen LogP contribution in [-0.2, 0) is 0 Å². The molecule has 0 fully saturated rings. The van der Waals surface area contributed by atoms with E-state index in [4.69, 9.17) is 5.73 Å². The monoisotopic (exact) mass is 235 g/mol. The molecule has 0 saturated heterocycles. The molecular weight excluding hydrogens is 222 g/mol. The van der Waals surface area contributed by atoms with Gasteiger partial charge >= 0.3 is 0 Å². The number of nitrogens with zero attached hydrogens (tertiary/aromatic N) is 2. The zero-order chi connectivity index (χ0) is 12.5. The van der Waals surface area contributed by atoms with Gasteiger partial charge in [-0.3, -0.25) is 0 Å². The number of aromatic nitrogens is 2. The van der Waals surface area contributed by atoms with Gasteiger partial charge in [-0.05, 0) is 29.3 Å². The number of hydrogen-bond acceptors (Lipinski definition) is 3. The Balaban J connectivity index is 2.33. The Morgan fingerprint density at radius 3 is 2.50 bits per heavy atom. The molecule has 0 aliphatic rings. The number of nitrogens with two attached hydrogens (primary N) is 1. The van der Waals surface area contributed by atoms with Crippen molar-refractivity contribution >= 4 is 16.7 Å². The lowest BCUT2D eigenvalue weighted by atomic mass is 9.98. The van der Waals surface area contributed by atoms with E-state index >= 15 is 0 Å². The van der Waals surface area contributed by atoms with Crippen LogP contribution in [0.3, 0.4) is 0 Å². The van der Waals surface area contributed by atoms with Crippen LogP contribution >= 0.6 is 0 Å². The summed E-state index contributed by atoms with van der Waals surface area (Å²) in [5.41, 5.74) is 8.86. The smallest absolute Gasteiger partial charge is 0.220 e. The lowest BCUT2D eigenvalue weighted by molar-refractivity contribution is 1.19. The maximum absolute atomic E-state index is 5.65. The number of benzene rings is 2. The highest BCUT2D eigenvalue weighted by Crippen LogP contribution is 2.29. The Morgan fingerprint density at radius 1 is 0.944 bits per heavy atom. The predicted octanol–water partition coefficient (Wildman–Crippen LogP) is 3.19.